The fourth-order valence-electron chi connectivity index (χ4n) is 4.17. The number of nitrogens with two attached hydrogens (primary N) is 2. The molecule has 1 fully saturated rings. The summed E-state index contributed by atoms with van der Waals surface area (Å²) in [5, 5.41) is 4.15. The van der Waals surface area contributed by atoms with E-state index < -0.39 is 24.0 Å². The zero-order chi connectivity index (χ0) is 24.7. The number of anilines is 1. The van der Waals surface area contributed by atoms with Gasteiger partial charge in [-0.05, 0) is 67.8 Å². The van der Waals surface area contributed by atoms with Crippen LogP contribution in [-0.2, 0) is 6.42 Å². The Balaban J connectivity index is 1.74. The number of rotatable bonds is 3. The number of hydrogen-bond acceptors (Lipinski definition) is 6. The second-order valence-electron chi connectivity index (χ2n) is 8.84. The molecule has 182 valence electrons. The van der Waals surface area contributed by atoms with Crippen LogP contribution in [0.15, 0.2) is 53.3 Å². The fraction of sp³-hybridized carbons (Fsp3) is 0.320. The van der Waals surface area contributed by atoms with E-state index in [-0.39, 0.29) is 12.2 Å². The SMILES string of the molecule is C[C@H]1Oc2cc(cnc2N)C(=NCC2CC2)C(=CN)Cc2cc(C(F)F)nn2-c2ccc(F)cc21. The van der Waals surface area contributed by atoms with E-state index in [2.05, 4.69) is 10.1 Å². The van der Waals surface area contributed by atoms with Gasteiger partial charge in [-0.15, -0.1) is 0 Å². The van der Waals surface area contributed by atoms with Gasteiger partial charge >= 0.3 is 0 Å². The van der Waals surface area contributed by atoms with E-state index in [4.69, 9.17) is 21.2 Å². The third-order valence-electron chi connectivity index (χ3n) is 6.22. The van der Waals surface area contributed by atoms with Crippen molar-refractivity contribution in [2.75, 3.05) is 12.3 Å². The van der Waals surface area contributed by atoms with Crippen LogP contribution in [0.1, 0.15) is 54.8 Å². The van der Waals surface area contributed by atoms with Crippen LogP contribution < -0.4 is 16.2 Å². The lowest BCUT2D eigenvalue weighted by atomic mass is 9.99. The fourth-order valence-corrected chi connectivity index (χ4v) is 4.17. The predicted octanol–water partition coefficient (Wildman–Crippen LogP) is 4.66. The smallest absolute Gasteiger partial charge is 0.282 e. The molecular formula is C25H25F3N6O. The molecular weight excluding hydrogens is 457 g/mol. The zero-order valence-electron chi connectivity index (χ0n) is 19.1. The van der Waals surface area contributed by atoms with Crippen LogP contribution in [0.2, 0.25) is 0 Å². The maximum absolute atomic E-state index is 14.3. The summed E-state index contributed by atoms with van der Waals surface area (Å²) in [7, 11) is 0. The Morgan fingerprint density at radius 1 is 1.26 bits per heavy atom. The molecule has 3 aromatic rings. The molecule has 3 heterocycles. The minimum Gasteiger partial charge on any atom is -0.482 e. The average molecular weight is 483 g/mol. The monoisotopic (exact) mass is 482 g/mol. The van der Waals surface area contributed by atoms with Crippen LogP contribution in [0, 0.1) is 11.7 Å². The zero-order valence-corrected chi connectivity index (χ0v) is 19.1. The number of halogens is 3. The molecule has 0 amide bonds. The van der Waals surface area contributed by atoms with E-state index >= 15 is 0 Å². The van der Waals surface area contributed by atoms with Crippen molar-refractivity contribution in [3.8, 4) is 11.4 Å². The van der Waals surface area contributed by atoms with Gasteiger partial charge in [0.15, 0.2) is 11.6 Å². The van der Waals surface area contributed by atoms with Crippen molar-refractivity contribution in [2.45, 2.75) is 38.7 Å². The van der Waals surface area contributed by atoms with E-state index in [1.165, 1.54) is 35.1 Å². The first kappa shape index (κ1) is 22.9. The third-order valence-corrected chi connectivity index (χ3v) is 6.22. The summed E-state index contributed by atoms with van der Waals surface area (Å²) in [4.78, 5) is 9.11. The highest BCUT2D eigenvalue weighted by molar-refractivity contribution is 6.13. The number of fused-ring (bicyclic) bond motifs is 5. The van der Waals surface area contributed by atoms with Crippen molar-refractivity contribution in [3.05, 3.63) is 76.6 Å². The van der Waals surface area contributed by atoms with Gasteiger partial charge in [0.05, 0.1) is 11.4 Å². The highest BCUT2D eigenvalue weighted by atomic mass is 19.3. The molecule has 1 saturated carbocycles. The normalized spacial score (nSPS) is 20.2. The Hall–Kier alpha value is -3.82. The predicted molar refractivity (Wildman–Crippen MR) is 126 cm³/mol. The highest BCUT2D eigenvalue weighted by Gasteiger charge is 2.26. The maximum atomic E-state index is 14.3. The minimum atomic E-state index is -2.78. The molecule has 5 rings (SSSR count). The van der Waals surface area contributed by atoms with Crippen molar-refractivity contribution in [3.63, 3.8) is 0 Å². The molecule has 7 nitrogen and oxygen atoms in total. The van der Waals surface area contributed by atoms with Crippen molar-refractivity contribution in [1.29, 1.82) is 0 Å². The molecule has 10 heteroatoms. The third kappa shape index (κ3) is 4.60. The van der Waals surface area contributed by atoms with Gasteiger partial charge in [0.1, 0.15) is 17.6 Å². The molecule has 0 spiro atoms. The van der Waals surface area contributed by atoms with Gasteiger partial charge in [0, 0.05) is 36.0 Å². The van der Waals surface area contributed by atoms with Crippen molar-refractivity contribution >= 4 is 11.5 Å². The Morgan fingerprint density at radius 3 is 2.77 bits per heavy atom. The van der Waals surface area contributed by atoms with Gasteiger partial charge in [-0.1, -0.05) is 0 Å². The highest BCUT2D eigenvalue weighted by Crippen LogP contribution is 2.34. The van der Waals surface area contributed by atoms with Gasteiger partial charge < -0.3 is 16.2 Å². The number of aliphatic imine (C=N–C) groups is 1. The summed E-state index contributed by atoms with van der Waals surface area (Å²) in [5.41, 5.74) is 14.9. The second kappa shape index (κ2) is 9.09. The summed E-state index contributed by atoms with van der Waals surface area (Å²) < 4.78 is 49.2. The van der Waals surface area contributed by atoms with Crippen LogP contribution in [0.25, 0.3) is 5.69 Å². The second-order valence-corrected chi connectivity index (χ2v) is 8.84. The van der Waals surface area contributed by atoms with Crippen molar-refractivity contribution < 1.29 is 17.9 Å². The minimum absolute atomic E-state index is 0.162. The Bertz CT molecular complexity index is 1330. The first-order valence-corrected chi connectivity index (χ1v) is 11.4. The first-order chi connectivity index (χ1) is 16.8. The molecule has 2 aromatic heterocycles. The van der Waals surface area contributed by atoms with E-state index in [0.29, 0.717) is 52.0 Å². The van der Waals surface area contributed by atoms with Crippen LogP contribution in [-0.4, -0.2) is 27.0 Å². The van der Waals surface area contributed by atoms with Gasteiger partial charge in [0.2, 0.25) is 0 Å². The summed E-state index contributed by atoms with van der Waals surface area (Å²) in [5.74, 6) is 0.481. The van der Waals surface area contributed by atoms with Crippen molar-refractivity contribution in [2.24, 2.45) is 16.6 Å². The molecule has 1 atom stereocenters. The standard InChI is InChI=1S/C25H25F3N6O/c1-13-19-8-17(26)4-5-21(19)34-18(9-20(33-34)24(27)28)6-15(10-29)23(31-11-14-2-3-14)16-7-22(35-13)25(30)32-12-16/h4-5,7-10,12-14,24H,2-3,6,11,29H2,1H3,(H2,30,32)/t13-/m1/s1. The van der Waals surface area contributed by atoms with Crippen LogP contribution in [0.3, 0.4) is 0 Å². The number of nitrogens with zero attached hydrogens (tertiary/aromatic N) is 4. The van der Waals surface area contributed by atoms with Crippen LogP contribution in [0.4, 0.5) is 19.0 Å². The average Bonchev–Trinajstić information content (AvgIpc) is 3.56. The Morgan fingerprint density at radius 2 is 2.06 bits per heavy atom. The number of hydrogen-bond donors (Lipinski definition) is 2. The largest absolute Gasteiger partial charge is 0.482 e. The number of pyridine rings is 1. The number of benzene rings is 1. The number of allylic oxidation sites excluding steroid dienone is 1. The quantitative estimate of drug-likeness (QED) is 0.565. The van der Waals surface area contributed by atoms with Gasteiger partial charge in [0.25, 0.3) is 6.43 Å². The lowest BCUT2D eigenvalue weighted by molar-refractivity contribution is 0.145. The summed E-state index contributed by atoms with van der Waals surface area (Å²) in [6.07, 6.45) is 1.93. The molecule has 2 bridgehead atoms. The van der Waals surface area contributed by atoms with Crippen molar-refractivity contribution in [1.82, 2.24) is 14.8 Å². The van der Waals surface area contributed by atoms with Gasteiger partial charge in [-0.2, -0.15) is 5.10 Å². The Kier molecular flexibility index (Phi) is 5.96. The number of ether oxygens (including phenoxy) is 1. The molecule has 1 aliphatic heterocycles. The van der Waals surface area contributed by atoms with Crippen LogP contribution >= 0.6 is 0 Å². The van der Waals surface area contributed by atoms with E-state index in [9.17, 15) is 13.2 Å². The summed E-state index contributed by atoms with van der Waals surface area (Å²) >= 11 is 0. The van der Waals surface area contributed by atoms with E-state index in [1.54, 1.807) is 19.2 Å². The molecule has 2 aliphatic rings. The maximum Gasteiger partial charge on any atom is 0.282 e. The number of alkyl halides is 2. The molecule has 1 aliphatic carbocycles. The molecule has 0 unspecified atom stereocenters. The van der Waals surface area contributed by atoms with E-state index in [1.807, 2.05) is 0 Å². The van der Waals surface area contributed by atoms with Crippen LogP contribution in [0.5, 0.6) is 5.75 Å². The summed E-state index contributed by atoms with van der Waals surface area (Å²) in [6.45, 7) is 2.34. The number of aromatic nitrogens is 3. The Labute approximate surface area is 200 Å². The molecule has 4 N–H and O–H groups in total. The van der Waals surface area contributed by atoms with Gasteiger partial charge in [-0.3, -0.25) is 4.99 Å². The topological polar surface area (TPSA) is 104 Å². The molecule has 35 heavy (non-hydrogen) atoms. The number of nitrogen functional groups attached to an aromatic ring is 1. The lowest BCUT2D eigenvalue weighted by Gasteiger charge is -2.22. The first-order valence-electron chi connectivity index (χ1n) is 11.4. The molecule has 0 radical (unpaired) electrons. The van der Waals surface area contributed by atoms with E-state index in [0.717, 1.165) is 12.8 Å². The van der Waals surface area contributed by atoms with Gasteiger partial charge in [-0.25, -0.2) is 22.8 Å². The molecule has 1 aromatic carbocycles. The lowest BCUT2D eigenvalue weighted by Crippen LogP contribution is -2.17. The summed E-state index contributed by atoms with van der Waals surface area (Å²) in [6, 6.07) is 7.12. The molecule has 0 saturated heterocycles.